The average Bonchev–Trinajstić information content (AvgIpc) is 3.16. The Labute approximate surface area is 131 Å². The van der Waals surface area contributed by atoms with Gasteiger partial charge in [0.25, 0.3) is 11.8 Å². The van der Waals surface area contributed by atoms with Crippen molar-refractivity contribution < 1.29 is 12.9 Å². The molecule has 8 heteroatoms. The van der Waals surface area contributed by atoms with Crippen LogP contribution in [0.1, 0.15) is 4.88 Å². The maximum Gasteiger partial charge on any atom is 0.264 e. The second-order valence-electron chi connectivity index (χ2n) is 4.65. The van der Waals surface area contributed by atoms with Gasteiger partial charge in [-0.3, -0.25) is 0 Å². The number of benzene rings is 1. The van der Waals surface area contributed by atoms with Crippen LogP contribution >= 0.6 is 11.3 Å². The fraction of sp³-hybridized carbons (Fsp3) is 0.143. The maximum absolute atomic E-state index is 11.4. The molecule has 0 saturated carbocycles. The van der Waals surface area contributed by atoms with E-state index in [0.29, 0.717) is 23.9 Å². The molecule has 0 bridgehead atoms. The van der Waals surface area contributed by atoms with Crippen LogP contribution in [0.3, 0.4) is 0 Å². The number of aromatic nitrogens is 2. The van der Waals surface area contributed by atoms with Crippen molar-refractivity contribution in [3.05, 3.63) is 46.7 Å². The van der Waals surface area contributed by atoms with Crippen molar-refractivity contribution in [1.29, 1.82) is 0 Å². The molecule has 22 heavy (non-hydrogen) atoms. The molecule has 1 N–H and O–H groups in total. The first-order valence-electron chi connectivity index (χ1n) is 6.43. The second kappa shape index (κ2) is 5.90. The maximum atomic E-state index is 11.4. The number of nitrogens with zero attached hydrogens (tertiary/aromatic N) is 2. The number of thiophene rings is 1. The lowest BCUT2D eigenvalue weighted by atomic mass is 10.2. The summed E-state index contributed by atoms with van der Waals surface area (Å²) in [6.45, 7) is 0.629. The van der Waals surface area contributed by atoms with Crippen LogP contribution in [0.4, 0.5) is 5.95 Å². The molecular formula is C14H13N3O3S2. The number of nitrogens with one attached hydrogen (secondary N) is 1. The highest BCUT2D eigenvalue weighted by atomic mass is 32.2. The molecule has 0 aliphatic rings. The Hall–Kier alpha value is -2.19. The Morgan fingerprint density at radius 3 is 2.64 bits per heavy atom. The standard InChI is InChI=1S/C14H13N3O3S2/c1-22(18,19)12-6-4-10(5-7-12)13-16-14(17-20-13)15-9-11-3-2-8-21-11/h2-8H,9H2,1H3,(H,15,17). The van der Waals surface area contributed by atoms with Gasteiger partial charge in [-0.1, -0.05) is 6.07 Å². The highest BCUT2D eigenvalue weighted by molar-refractivity contribution is 7.90. The smallest absolute Gasteiger partial charge is 0.264 e. The largest absolute Gasteiger partial charge is 0.347 e. The van der Waals surface area contributed by atoms with Crippen molar-refractivity contribution in [2.45, 2.75) is 11.4 Å². The molecule has 6 nitrogen and oxygen atoms in total. The van der Waals surface area contributed by atoms with Crippen LogP contribution in [-0.4, -0.2) is 24.8 Å². The minimum Gasteiger partial charge on any atom is -0.347 e. The van der Waals surface area contributed by atoms with Crippen LogP contribution in [0.5, 0.6) is 0 Å². The Kier molecular flexibility index (Phi) is 3.95. The van der Waals surface area contributed by atoms with Gasteiger partial charge in [-0.2, -0.15) is 4.98 Å². The molecule has 0 amide bonds. The van der Waals surface area contributed by atoms with Gasteiger partial charge >= 0.3 is 0 Å². The number of hydrogen-bond donors (Lipinski definition) is 1. The van der Waals surface area contributed by atoms with Crippen LogP contribution in [0.2, 0.25) is 0 Å². The van der Waals surface area contributed by atoms with Crippen molar-refractivity contribution in [3.8, 4) is 11.5 Å². The van der Waals surface area contributed by atoms with Gasteiger partial charge in [0, 0.05) is 16.7 Å². The van der Waals surface area contributed by atoms with E-state index in [0.717, 1.165) is 0 Å². The zero-order valence-electron chi connectivity index (χ0n) is 11.7. The van der Waals surface area contributed by atoms with E-state index in [-0.39, 0.29) is 4.90 Å². The van der Waals surface area contributed by atoms with Gasteiger partial charge in [-0.15, -0.1) is 11.3 Å². The lowest BCUT2D eigenvalue weighted by Crippen LogP contribution is -1.98. The summed E-state index contributed by atoms with van der Waals surface area (Å²) < 4.78 is 28.0. The summed E-state index contributed by atoms with van der Waals surface area (Å²) in [6.07, 6.45) is 1.17. The van der Waals surface area contributed by atoms with E-state index < -0.39 is 9.84 Å². The number of rotatable bonds is 5. The summed E-state index contributed by atoms with van der Waals surface area (Å²) in [4.78, 5) is 5.66. The fourth-order valence-electron chi connectivity index (χ4n) is 1.84. The normalized spacial score (nSPS) is 11.5. The lowest BCUT2D eigenvalue weighted by Gasteiger charge is -1.98. The van der Waals surface area contributed by atoms with Gasteiger partial charge in [0.1, 0.15) is 0 Å². The molecule has 0 fully saturated rings. The van der Waals surface area contributed by atoms with Gasteiger partial charge in [-0.05, 0) is 40.9 Å². The van der Waals surface area contributed by atoms with Crippen LogP contribution in [0, 0.1) is 0 Å². The molecule has 2 aromatic heterocycles. The summed E-state index contributed by atoms with van der Waals surface area (Å²) in [7, 11) is -3.21. The lowest BCUT2D eigenvalue weighted by molar-refractivity contribution is 0.432. The number of hydrogen-bond acceptors (Lipinski definition) is 7. The molecule has 3 rings (SSSR count). The predicted molar refractivity (Wildman–Crippen MR) is 84.5 cm³/mol. The number of anilines is 1. The third-order valence-electron chi connectivity index (χ3n) is 2.96. The van der Waals surface area contributed by atoms with Crippen molar-refractivity contribution in [3.63, 3.8) is 0 Å². The third-order valence-corrected chi connectivity index (χ3v) is 4.96. The van der Waals surface area contributed by atoms with Gasteiger partial charge in [0.15, 0.2) is 9.84 Å². The third kappa shape index (κ3) is 3.34. The minimum atomic E-state index is -3.21. The molecule has 0 aliphatic heterocycles. The van der Waals surface area contributed by atoms with E-state index in [4.69, 9.17) is 4.52 Å². The van der Waals surface area contributed by atoms with E-state index in [1.54, 1.807) is 23.5 Å². The van der Waals surface area contributed by atoms with Gasteiger partial charge in [-0.25, -0.2) is 8.42 Å². The highest BCUT2D eigenvalue weighted by Crippen LogP contribution is 2.21. The zero-order valence-corrected chi connectivity index (χ0v) is 13.3. The fourth-order valence-corrected chi connectivity index (χ4v) is 3.11. The SMILES string of the molecule is CS(=O)(=O)c1ccc(-c2nc(NCc3cccs3)no2)cc1. The molecule has 1 aromatic carbocycles. The Morgan fingerprint density at radius 1 is 1.23 bits per heavy atom. The van der Waals surface area contributed by atoms with Gasteiger partial charge < -0.3 is 9.84 Å². The van der Waals surface area contributed by atoms with Gasteiger partial charge in [0.05, 0.1) is 11.4 Å². The van der Waals surface area contributed by atoms with Crippen molar-refractivity contribution in [2.75, 3.05) is 11.6 Å². The van der Waals surface area contributed by atoms with Crippen LogP contribution < -0.4 is 5.32 Å². The van der Waals surface area contributed by atoms with Crippen molar-refractivity contribution in [1.82, 2.24) is 10.1 Å². The molecule has 0 saturated heterocycles. The molecule has 114 valence electrons. The second-order valence-corrected chi connectivity index (χ2v) is 7.70. The first-order valence-corrected chi connectivity index (χ1v) is 9.20. The minimum absolute atomic E-state index is 0.256. The molecule has 0 aliphatic carbocycles. The molecule has 0 radical (unpaired) electrons. The zero-order chi connectivity index (χ0) is 15.6. The van der Waals surface area contributed by atoms with Crippen LogP contribution in [0.25, 0.3) is 11.5 Å². The summed E-state index contributed by atoms with van der Waals surface area (Å²) >= 11 is 1.64. The monoisotopic (exact) mass is 335 g/mol. The molecule has 0 spiro atoms. The first-order chi connectivity index (χ1) is 10.5. The van der Waals surface area contributed by atoms with E-state index in [1.807, 2.05) is 17.5 Å². The topological polar surface area (TPSA) is 85.1 Å². The Bertz CT molecular complexity index is 853. The highest BCUT2D eigenvalue weighted by Gasteiger charge is 2.11. The van der Waals surface area contributed by atoms with Crippen LogP contribution in [-0.2, 0) is 16.4 Å². The quantitative estimate of drug-likeness (QED) is 0.772. The van der Waals surface area contributed by atoms with E-state index in [1.165, 1.54) is 23.3 Å². The summed E-state index contributed by atoms with van der Waals surface area (Å²) in [5.74, 6) is 0.740. The molecule has 0 atom stereocenters. The Morgan fingerprint density at radius 2 is 2.00 bits per heavy atom. The van der Waals surface area contributed by atoms with Crippen molar-refractivity contribution in [2.24, 2.45) is 0 Å². The molecule has 2 heterocycles. The summed E-state index contributed by atoms with van der Waals surface area (Å²) in [5, 5.41) is 8.93. The summed E-state index contributed by atoms with van der Waals surface area (Å²) in [6, 6.07) is 10.3. The van der Waals surface area contributed by atoms with E-state index >= 15 is 0 Å². The van der Waals surface area contributed by atoms with Crippen LogP contribution in [0.15, 0.2) is 51.2 Å². The van der Waals surface area contributed by atoms with Gasteiger partial charge in [0.2, 0.25) is 0 Å². The molecule has 3 aromatic rings. The Balaban J connectivity index is 1.73. The van der Waals surface area contributed by atoms with E-state index in [9.17, 15) is 8.42 Å². The average molecular weight is 335 g/mol. The number of sulfone groups is 1. The van der Waals surface area contributed by atoms with Crippen molar-refractivity contribution >= 4 is 27.1 Å². The predicted octanol–water partition coefficient (Wildman–Crippen LogP) is 2.81. The van der Waals surface area contributed by atoms with E-state index in [2.05, 4.69) is 15.5 Å². The first kappa shape index (κ1) is 14.7. The molecule has 0 unspecified atom stereocenters. The molecular weight excluding hydrogens is 322 g/mol. The summed E-state index contributed by atoms with van der Waals surface area (Å²) in [5.41, 5.74) is 0.670.